The predicted octanol–water partition coefficient (Wildman–Crippen LogP) is 0.932. The van der Waals surface area contributed by atoms with Gasteiger partial charge in [0.25, 0.3) is 11.8 Å². The molecule has 0 aliphatic carbocycles. The zero-order valence-electron chi connectivity index (χ0n) is 14.1. The lowest BCUT2D eigenvalue weighted by Gasteiger charge is -2.27. The average Bonchev–Trinajstić information content (AvgIpc) is 2.87. The number of fused-ring (bicyclic) bond motifs is 1. The third-order valence-electron chi connectivity index (χ3n) is 5.00. The standard InChI is InChI=1S/C18H19N3O4S/c22-15-4-3-14(16(23)20-15)21-17(24)12-2-1-11(9-13(12)18(21)25)26-10-5-7-19-8-6-10/h1-2,9-10,14,19H,3-8H2,(H,20,22,23). The van der Waals surface area contributed by atoms with Crippen LogP contribution >= 0.6 is 11.8 Å². The van der Waals surface area contributed by atoms with Crippen LogP contribution in [0.2, 0.25) is 0 Å². The molecule has 0 aromatic heterocycles. The van der Waals surface area contributed by atoms with Crippen LogP contribution in [0.15, 0.2) is 23.1 Å². The van der Waals surface area contributed by atoms with Crippen LogP contribution in [-0.4, -0.2) is 52.9 Å². The van der Waals surface area contributed by atoms with E-state index in [0.717, 1.165) is 35.7 Å². The van der Waals surface area contributed by atoms with Gasteiger partial charge in [0, 0.05) is 16.6 Å². The van der Waals surface area contributed by atoms with Crippen molar-refractivity contribution in [1.29, 1.82) is 0 Å². The smallest absolute Gasteiger partial charge is 0.262 e. The summed E-state index contributed by atoms with van der Waals surface area (Å²) in [5.41, 5.74) is 0.674. The van der Waals surface area contributed by atoms with E-state index in [9.17, 15) is 19.2 Å². The van der Waals surface area contributed by atoms with Crippen LogP contribution < -0.4 is 10.6 Å². The number of benzene rings is 1. The van der Waals surface area contributed by atoms with Gasteiger partial charge in [0.1, 0.15) is 6.04 Å². The fourth-order valence-electron chi connectivity index (χ4n) is 3.63. The molecule has 4 amide bonds. The van der Waals surface area contributed by atoms with Crippen molar-refractivity contribution in [3.8, 4) is 0 Å². The van der Waals surface area contributed by atoms with Gasteiger partial charge in [-0.2, -0.15) is 0 Å². The lowest BCUT2D eigenvalue weighted by Crippen LogP contribution is -2.54. The normalized spacial score (nSPS) is 24.0. The Balaban J connectivity index is 1.56. The molecule has 0 saturated carbocycles. The first-order chi connectivity index (χ1) is 12.5. The van der Waals surface area contributed by atoms with E-state index in [4.69, 9.17) is 0 Å². The summed E-state index contributed by atoms with van der Waals surface area (Å²) in [6.07, 6.45) is 2.43. The molecular formula is C18H19N3O4S. The molecule has 4 rings (SSSR count). The molecule has 2 fully saturated rings. The van der Waals surface area contributed by atoms with Crippen molar-refractivity contribution in [3.63, 3.8) is 0 Å². The van der Waals surface area contributed by atoms with E-state index in [0.29, 0.717) is 16.4 Å². The van der Waals surface area contributed by atoms with E-state index < -0.39 is 23.8 Å². The third-order valence-corrected chi connectivity index (χ3v) is 6.33. The number of amides is 4. The van der Waals surface area contributed by atoms with E-state index in [2.05, 4.69) is 10.6 Å². The zero-order chi connectivity index (χ0) is 18.3. The van der Waals surface area contributed by atoms with Crippen molar-refractivity contribution < 1.29 is 19.2 Å². The Hall–Kier alpha value is -2.19. The van der Waals surface area contributed by atoms with Gasteiger partial charge in [0.05, 0.1) is 11.1 Å². The lowest BCUT2D eigenvalue weighted by atomic mass is 10.0. The van der Waals surface area contributed by atoms with E-state index >= 15 is 0 Å². The molecule has 1 aromatic rings. The molecule has 136 valence electrons. The van der Waals surface area contributed by atoms with Gasteiger partial charge < -0.3 is 5.32 Å². The lowest BCUT2D eigenvalue weighted by molar-refractivity contribution is -0.136. The number of imide groups is 2. The minimum atomic E-state index is -0.916. The fourth-order valence-corrected chi connectivity index (χ4v) is 4.82. The number of hydrogen-bond donors (Lipinski definition) is 2. The average molecular weight is 373 g/mol. The maximum Gasteiger partial charge on any atom is 0.262 e. The molecule has 1 aromatic carbocycles. The Morgan fingerprint density at radius 1 is 0.962 bits per heavy atom. The summed E-state index contributed by atoms with van der Waals surface area (Å²) >= 11 is 1.73. The first-order valence-electron chi connectivity index (χ1n) is 8.77. The van der Waals surface area contributed by atoms with Gasteiger partial charge >= 0.3 is 0 Å². The van der Waals surface area contributed by atoms with Gasteiger partial charge in [-0.15, -0.1) is 11.8 Å². The van der Waals surface area contributed by atoms with Crippen LogP contribution in [0.25, 0.3) is 0 Å². The Bertz CT molecular complexity index is 804. The minimum Gasteiger partial charge on any atom is -0.317 e. The Labute approximate surface area is 154 Å². The van der Waals surface area contributed by atoms with Crippen LogP contribution in [0.5, 0.6) is 0 Å². The predicted molar refractivity (Wildman–Crippen MR) is 94.9 cm³/mol. The molecule has 1 atom stereocenters. The van der Waals surface area contributed by atoms with Crippen molar-refractivity contribution in [2.75, 3.05) is 13.1 Å². The van der Waals surface area contributed by atoms with Crippen LogP contribution in [0.4, 0.5) is 0 Å². The number of piperidine rings is 2. The van der Waals surface area contributed by atoms with Gasteiger partial charge in [0.2, 0.25) is 11.8 Å². The highest BCUT2D eigenvalue weighted by atomic mass is 32.2. The summed E-state index contributed by atoms with van der Waals surface area (Å²) in [6.45, 7) is 1.98. The highest BCUT2D eigenvalue weighted by Crippen LogP contribution is 2.34. The molecule has 0 spiro atoms. The maximum absolute atomic E-state index is 12.8. The van der Waals surface area contributed by atoms with Crippen molar-refractivity contribution in [3.05, 3.63) is 29.3 Å². The number of carbonyl (C=O) groups excluding carboxylic acids is 4. The second-order valence-corrected chi connectivity index (χ2v) is 8.10. The van der Waals surface area contributed by atoms with Gasteiger partial charge in [-0.25, -0.2) is 0 Å². The first-order valence-corrected chi connectivity index (χ1v) is 9.65. The molecule has 1 unspecified atom stereocenters. The minimum absolute atomic E-state index is 0.126. The van der Waals surface area contributed by atoms with Crippen molar-refractivity contribution in [2.45, 2.75) is 41.9 Å². The second-order valence-electron chi connectivity index (χ2n) is 6.72. The molecular weight excluding hydrogens is 354 g/mol. The Kier molecular flexibility index (Phi) is 4.54. The number of nitrogens with zero attached hydrogens (tertiary/aromatic N) is 1. The van der Waals surface area contributed by atoms with Crippen LogP contribution in [0.3, 0.4) is 0 Å². The summed E-state index contributed by atoms with van der Waals surface area (Å²) in [7, 11) is 0. The summed E-state index contributed by atoms with van der Waals surface area (Å²) in [5.74, 6) is -1.87. The summed E-state index contributed by atoms with van der Waals surface area (Å²) < 4.78 is 0. The number of rotatable bonds is 3. The number of carbonyl (C=O) groups is 4. The third kappa shape index (κ3) is 3.03. The van der Waals surface area contributed by atoms with E-state index in [1.807, 2.05) is 6.07 Å². The molecule has 7 nitrogen and oxygen atoms in total. The van der Waals surface area contributed by atoms with Gasteiger partial charge in [-0.3, -0.25) is 29.4 Å². The maximum atomic E-state index is 12.8. The highest BCUT2D eigenvalue weighted by Gasteiger charge is 2.44. The van der Waals surface area contributed by atoms with Gasteiger partial charge in [-0.1, -0.05) is 0 Å². The quantitative estimate of drug-likeness (QED) is 0.766. The molecule has 26 heavy (non-hydrogen) atoms. The number of thioether (sulfide) groups is 1. The molecule has 0 radical (unpaired) electrons. The molecule has 8 heteroatoms. The topological polar surface area (TPSA) is 95.6 Å². The molecule has 3 aliphatic rings. The highest BCUT2D eigenvalue weighted by molar-refractivity contribution is 8.00. The van der Waals surface area contributed by atoms with Crippen LogP contribution in [-0.2, 0) is 9.59 Å². The number of nitrogens with one attached hydrogen (secondary N) is 2. The van der Waals surface area contributed by atoms with Crippen molar-refractivity contribution >= 4 is 35.4 Å². The largest absolute Gasteiger partial charge is 0.317 e. The van der Waals surface area contributed by atoms with Crippen LogP contribution in [0.1, 0.15) is 46.4 Å². The SMILES string of the molecule is O=C1CCC(N2C(=O)c3ccc(SC4CCNCC4)cc3C2=O)C(=O)N1. The van der Waals surface area contributed by atoms with E-state index in [1.165, 1.54) is 0 Å². The summed E-state index contributed by atoms with van der Waals surface area (Å²) in [5, 5.41) is 6.02. The molecule has 0 bridgehead atoms. The van der Waals surface area contributed by atoms with Crippen LogP contribution in [0, 0.1) is 0 Å². The summed E-state index contributed by atoms with van der Waals surface area (Å²) in [4.78, 5) is 50.8. The molecule has 3 heterocycles. The molecule has 3 aliphatic heterocycles. The van der Waals surface area contributed by atoms with Gasteiger partial charge in [0.15, 0.2) is 0 Å². The fraction of sp³-hybridized carbons (Fsp3) is 0.444. The summed E-state index contributed by atoms with van der Waals surface area (Å²) in [6, 6.07) is 4.38. The Morgan fingerprint density at radius 2 is 1.69 bits per heavy atom. The first kappa shape index (κ1) is 17.2. The van der Waals surface area contributed by atoms with E-state index in [1.54, 1.807) is 23.9 Å². The Morgan fingerprint density at radius 3 is 2.42 bits per heavy atom. The monoisotopic (exact) mass is 373 g/mol. The zero-order valence-corrected chi connectivity index (χ0v) is 14.9. The van der Waals surface area contributed by atoms with Crippen molar-refractivity contribution in [2.24, 2.45) is 0 Å². The van der Waals surface area contributed by atoms with E-state index in [-0.39, 0.29) is 18.7 Å². The van der Waals surface area contributed by atoms with Crippen molar-refractivity contribution in [1.82, 2.24) is 15.5 Å². The van der Waals surface area contributed by atoms with Gasteiger partial charge in [-0.05, 0) is 50.6 Å². The number of hydrogen-bond acceptors (Lipinski definition) is 6. The molecule has 2 saturated heterocycles. The second kappa shape index (κ2) is 6.85. The molecule has 2 N–H and O–H groups in total.